The van der Waals surface area contributed by atoms with Gasteiger partial charge >= 0.3 is 6.18 Å². The van der Waals surface area contributed by atoms with Gasteiger partial charge in [0.15, 0.2) is 0 Å². The quantitative estimate of drug-likeness (QED) is 0.661. The van der Waals surface area contributed by atoms with Crippen molar-refractivity contribution in [3.63, 3.8) is 0 Å². The molecule has 0 unspecified atom stereocenters. The van der Waals surface area contributed by atoms with Crippen LogP contribution >= 0.6 is 0 Å². The maximum absolute atomic E-state index is 12.5. The van der Waals surface area contributed by atoms with Gasteiger partial charge < -0.3 is 5.32 Å². The molecule has 0 aromatic heterocycles. The summed E-state index contributed by atoms with van der Waals surface area (Å²) in [7, 11) is 0. The maximum atomic E-state index is 12.5. The van der Waals surface area contributed by atoms with Crippen molar-refractivity contribution in [2.45, 2.75) is 44.8 Å². The van der Waals surface area contributed by atoms with Crippen LogP contribution in [0.15, 0.2) is 29.8 Å². The first-order chi connectivity index (χ1) is 11.3. The van der Waals surface area contributed by atoms with Crippen LogP contribution in [0.5, 0.6) is 0 Å². The summed E-state index contributed by atoms with van der Waals surface area (Å²) >= 11 is 0. The van der Waals surface area contributed by atoms with Crippen molar-refractivity contribution in [2.24, 2.45) is 5.92 Å². The zero-order chi connectivity index (χ0) is 17.7. The number of nitriles is 1. The van der Waals surface area contributed by atoms with Crippen LogP contribution in [0.3, 0.4) is 0 Å². The van der Waals surface area contributed by atoms with Crippen molar-refractivity contribution in [1.29, 1.82) is 5.26 Å². The van der Waals surface area contributed by atoms with Crippen LogP contribution in [0, 0.1) is 17.2 Å². The number of rotatable bonds is 3. The molecule has 128 valence electrons. The van der Waals surface area contributed by atoms with Crippen LogP contribution < -0.4 is 5.32 Å². The number of halogens is 3. The Balaban J connectivity index is 2.11. The summed E-state index contributed by atoms with van der Waals surface area (Å²) in [5.74, 6) is -0.121. The van der Waals surface area contributed by atoms with E-state index in [1.54, 1.807) is 0 Å². The Labute approximate surface area is 139 Å². The second-order valence-corrected chi connectivity index (χ2v) is 6.13. The molecule has 1 aromatic rings. The summed E-state index contributed by atoms with van der Waals surface area (Å²) in [6.45, 7) is 2.07. The van der Waals surface area contributed by atoms with Crippen molar-refractivity contribution < 1.29 is 18.0 Å². The lowest BCUT2D eigenvalue weighted by Crippen LogP contribution is -2.41. The molecular formula is C18H19F3N2O. The number of hydrogen-bond acceptors (Lipinski definition) is 2. The third-order valence-corrected chi connectivity index (χ3v) is 4.34. The zero-order valence-electron chi connectivity index (χ0n) is 13.4. The third-order valence-electron chi connectivity index (χ3n) is 4.34. The lowest BCUT2D eigenvalue weighted by atomic mass is 9.86. The maximum Gasteiger partial charge on any atom is 0.416 e. The van der Waals surface area contributed by atoms with Gasteiger partial charge in [0, 0.05) is 6.04 Å². The minimum absolute atomic E-state index is 0.0376. The van der Waals surface area contributed by atoms with E-state index in [0.717, 1.165) is 37.8 Å². The van der Waals surface area contributed by atoms with E-state index in [9.17, 15) is 23.2 Å². The molecule has 3 nitrogen and oxygen atoms in total. The van der Waals surface area contributed by atoms with E-state index in [0.29, 0.717) is 11.5 Å². The number of nitrogens with one attached hydrogen (secondary N) is 1. The predicted octanol–water partition coefficient (Wildman–Crippen LogP) is 4.31. The Hall–Kier alpha value is -2.29. The number of carbonyl (C=O) groups excluding carboxylic acids is 1. The molecule has 6 heteroatoms. The number of amides is 1. The minimum atomic E-state index is -4.41. The van der Waals surface area contributed by atoms with Gasteiger partial charge in [-0.2, -0.15) is 18.4 Å². The summed E-state index contributed by atoms with van der Waals surface area (Å²) in [5.41, 5.74) is -0.488. The van der Waals surface area contributed by atoms with E-state index >= 15 is 0 Å². The Bertz CT molecular complexity index is 656. The van der Waals surface area contributed by atoms with Crippen LogP contribution in [-0.2, 0) is 11.0 Å². The number of alkyl halides is 3. The number of benzene rings is 1. The number of hydrogen-bond donors (Lipinski definition) is 1. The fourth-order valence-corrected chi connectivity index (χ4v) is 2.86. The molecule has 24 heavy (non-hydrogen) atoms. The smallest absolute Gasteiger partial charge is 0.348 e. The predicted molar refractivity (Wildman–Crippen MR) is 84.6 cm³/mol. The first-order valence-electron chi connectivity index (χ1n) is 7.91. The average molecular weight is 336 g/mol. The van der Waals surface area contributed by atoms with Gasteiger partial charge in [0.25, 0.3) is 5.91 Å². The molecule has 0 spiro atoms. The summed E-state index contributed by atoms with van der Waals surface area (Å²) in [6.07, 6.45) is 0.999. The van der Waals surface area contributed by atoms with Gasteiger partial charge in [0.2, 0.25) is 0 Å². The largest absolute Gasteiger partial charge is 0.416 e. The molecule has 1 N–H and O–H groups in total. The molecular weight excluding hydrogens is 317 g/mol. The highest BCUT2D eigenvalue weighted by molar-refractivity contribution is 6.01. The molecule has 1 amide bonds. The highest BCUT2D eigenvalue weighted by Crippen LogP contribution is 2.29. The lowest BCUT2D eigenvalue weighted by molar-refractivity contribution is -0.137. The van der Waals surface area contributed by atoms with Crippen molar-refractivity contribution in [1.82, 2.24) is 5.32 Å². The van der Waals surface area contributed by atoms with E-state index in [1.807, 2.05) is 6.07 Å². The molecule has 0 bridgehead atoms. The van der Waals surface area contributed by atoms with Gasteiger partial charge in [-0.1, -0.05) is 31.9 Å². The number of carbonyl (C=O) groups is 1. The highest BCUT2D eigenvalue weighted by Gasteiger charge is 2.30. The van der Waals surface area contributed by atoms with Gasteiger partial charge in [-0.05, 0) is 42.5 Å². The highest BCUT2D eigenvalue weighted by atomic mass is 19.4. The minimum Gasteiger partial charge on any atom is -0.348 e. The summed E-state index contributed by atoms with van der Waals surface area (Å²) in [5, 5.41) is 12.0. The fourth-order valence-electron chi connectivity index (χ4n) is 2.86. The standard InChI is InChI=1S/C18H19F3N2O/c1-12-4-2-3-5-16(12)23-17(24)14(11-22)10-13-6-8-15(9-7-13)18(19,20)21/h6-10,12,16H,2-5H2,1H3,(H,23,24)/b14-10-/t12-,16-/m0/s1. The van der Waals surface area contributed by atoms with Crippen LogP contribution in [0.25, 0.3) is 6.08 Å². The Morgan fingerprint density at radius 2 is 1.88 bits per heavy atom. The second-order valence-electron chi connectivity index (χ2n) is 6.13. The molecule has 0 aliphatic heterocycles. The van der Waals surface area contributed by atoms with Crippen molar-refractivity contribution in [3.8, 4) is 6.07 Å². The SMILES string of the molecule is C[C@H]1CCCC[C@@H]1NC(=O)/C(C#N)=C\c1ccc(C(F)(F)F)cc1. The Kier molecular flexibility index (Phi) is 5.66. The van der Waals surface area contributed by atoms with Gasteiger partial charge in [0.1, 0.15) is 11.6 Å². The summed E-state index contributed by atoms with van der Waals surface area (Å²) in [4.78, 5) is 12.2. The second kappa shape index (κ2) is 7.52. The van der Waals surface area contributed by atoms with Crippen LogP contribution in [0.1, 0.15) is 43.7 Å². The molecule has 2 rings (SSSR count). The molecule has 0 heterocycles. The molecule has 1 aromatic carbocycles. The first-order valence-corrected chi connectivity index (χ1v) is 7.91. The van der Waals surface area contributed by atoms with E-state index in [1.165, 1.54) is 18.2 Å². The molecule has 0 saturated heterocycles. The van der Waals surface area contributed by atoms with Gasteiger partial charge in [-0.25, -0.2) is 0 Å². The van der Waals surface area contributed by atoms with Crippen LogP contribution in [0.4, 0.5) is 13.2 Å². The Morgan fingerprint density at radius 1 is 1.25 bits per heavy atom. The lowest BCUT2D eigenvalue weighted by Gasteiger charge is -2.29. The summed E-state index contributed by atoms with van der Waals surface area (Å²) in [6, 6.07) is 6.22. The van der Waals surface area contributed by atoms with Crippen molar-refractivity contribution in [2.75, 3.05) is 0 Å². The molecule has 1 aliphatic carbocycles. The Morgan fingerprint density at radius 3 is 2.42 bits per heavy atom. The van der Waals surface area contributed by atoms with Crippen LogP contribution in [0.2, 0.25) is 0 Å². The average Bonchev–Trinajstić information content (AvgIpc) is 2.54. The normalized spacial score (nSPS) is 21.9. The molecule has 2 atom stereocenters. The first kappa shape index (κ1) is 18.1. The van der Waals surface area contributed by atoms with Gasteiger partial charge in [-0.15, -0.1) is 0 Å². The molecule has 1 aliphatic rings. The van der Waals surface area contributed by atoms with E-state index in [-0.39, 0.29) is 11.6 Å². The monoisotopic (exact) mass is 336 g/mol. The van der Waals surface area contributed by atoms with Gasteiger partial charge in [-0.3, -0.25) is 4.79 Å². The molecule has 0 radical (unpaired) electrons. The number of nitrogens with zero attached hydrogens (tertiary/aromatic N) is 1. The van der Waals surface area contributed by atoms with Crippen molar-refractivity contribution in [3.05, 3.63) is 41.0 Å². The topological polar surface area (TPSA) is 52.9 Å². The van der Waals surface area contributed by atoms with E-state index < -0.39 is 17.6 Å². The van der Waals surface area contributed by atoms with Crippen LogP contribution in [-0.4, -0.2) is 11.9 Å². The molecule has 1 fully saturated rings. The van der Waals surface area contributed by atoms with Crippen molar-refractivity contribution >= 4 is 12.0 Å². The van der Waals surface area contributed by atoms with E-state index in [4.69, 9.17) is 0 Å². The fraction of sp³-hybridized carbons (Fsp3) is 0.444. The molecule has 1 saturated carbocycles. The van der Waals surface area contributed by atoms with E-state index in [2.05, 4.69) is 12.2 Å². The summed E-state index contributed by atoms with van der Waals surface area (Å²) < 4.78 is 37.6. The third kappa shape index (κ3) is 4.60. The van der Waals surface area contributed by atoms with Gasteiger partial charge in [0.05, 0.1) is 5.56 Å². The zero-order valence-corrected chi connectivity index (χ0v) is 13.4.